The number of carbonyl (C=O) groups is 2. The van der Waals surface area contributed by atoms with Crippen LogP contribution in [0.3, 0.4) is 0 Å². The Morgan fingerprint density at radius 3 is 1.45 bits per heavy atom. The number of thioether (sulfide) groups is 3. The minimum Gasteiger partial charge on any atom is -0.870 e. The van der Waals surface area contributed by atoms with Crippen molar-refractivity contribution < 1.29 is 49.2 Å². The van der Waals surface area contributed by atoms with Gasteiger partial charge in [0.25, 0.3) is 0 Å². The number of hydrogen-bond acceptors (Lipinski definition) is 7. The second kappa shape index (κ2) is 25.8. The number of rotatable bonds is 3. The standard InChI is InChI=1S/C14H15ClOS.C13H16OS.C13H14S.Cl3OP.I2.Na.H2O/c1-14(2)6-8-17-13-4-3-10(9-11(13)14)12(15)5-7-16;1-9(14)10-4-5-12-11(8-10)13(2,3)6-7-15-12;1-4-10-5-6-12-11(9-10)13(2,3)7-8-14-12;1-5(2,3)4;1-2;;/h3-5,7,9H,6,8H2,1-2H3;4-5,8H,6-7H2,1-3H3;1,5-6,9H,7-8H2,2-3H3;;;;1H2/q;;;;;+1;/p-1/b12-5+;;;;;;. The van der Waals surface area contributed by atoms with Crippen molar-refractivity contribution in [1.29, 1.82) is 0 Å². The average molecular weight is 1140 g/mol. The fourth-order valence-electron chi connectivity index (χ4n) is 5.82. The van der Waals surface area contributed by atoms with Crippen molar-refractivity contribution in [3.05, 3.63) is 94.1 Å². The molecule has 0 spiro atoms. The fraction of sp³-hybridized carbons (Fsp3) is 0.400. The van der Waals surface area contributed by atoms with Crippen LogP contribution >= 0.6 is 123 Å². The second-order valence-corrected chi connectivity index (χ2v) is 24.8. The smallest absolute Gasteiger partial charge is 0.870 e. The maximum absolute atomic E-state index is 11.3. The summed E-state index contributed by atoms with van der Waals surface area (Å²) in [6.45, 7) is 15.3. The van der Waals surface area contributed by atoms with Gasteiger partial charge in [0.1, 0.15) is 6.29 Å². The number of aldehydes is 1. The van der Waals surface area contributed by atoms with Gasteiger partial charge in [-0.3, -0.25) is 14.2 Å². The van der Waals surface area contributed by atoms with Crippen molar-refractivity contribution in [1.82, 2.24) is 0 Å². The Labute approximate surface area is 406 Å². The molecule has 3 aromatic rings. The molecule has 1 N–H and O–H groups in total. The Balaban J connectivity index is 0.000000723. The molecule has 3 aliphatic heterocycles. The van der Waals surface area contributed by atoms with E-state index in [9.17, 15) is 14.2 Å². The van der Waals surface area contributed by atoms with Crippen LogP contribution in [0.4, 0.5) is 0 Å². The first-order chi connectivity index (χ1) is 24.7. The predicted octanol–water partition coefficient (Wildman–Crippen LogP) is 12.8. The zero-order valence-corrected chi connectivity index (χ0v) is 45.0. The third kappa shape index (κ3) is 18.4. The van der Waals surface area contributed by atoms with Gasteiger partial charge in [-0.25, -0.2) is 0 Å². The molecule has 0 radical (unpaired) electrons. The third-order valence-corrected chi connectivity index (χ3v) is 12.7. The van der Waals surface area contributed by atoms with E-state index in [0.717, 1.165) is 28.7 Å². The first kappa shape index (κ1) is 56.2. The number of carbonyl (C=O) groups excluding carboxylic acids is 2. The van der Waals surface area contributed by atoms with Gasteiger partial charge in [-0.1, -0.05) is 71.2 Å². The van der Waals surface area contributed by atoms with E-state index in [1.807, 2.05) is 53.5 Å². The normalized spacial score (nSPS) is 16.6. The summed E-state index contributed by atoms with van der Waals surface area (Å²) in [6, 6.07) is 18.7. The average Bonchev–Trinajstić information content (AvgIpc) is 3.08. The molecule has 0 aromatic heterocycles. The van der Waals surface area contributed by atoms with Crippen LogP contribution in [0.15, 0.2) is 75.4 Å². The largest absolute Gasteiger partial charge is 1.00 e. The summed E-state index contributed by atoms with van der Waals surface area (Å²) in [4.78, 5) is 25.9. The third-order valence-electron chi connectivity index (χ3n) is 9.14. The second-order valence-electron chi connectivity index (χ2n) is 14.3. The molecule has 15 heteroatoms. The summed E-state index contributed by atoms with van der Waals surface area (Å²) in [5.41, 5.74) is 7.55. The molecule has 0 saturated heterocycles. The zero-order valence-electron chi connectivity index (χ0n) is 32.3. The van der Waals surface area contributed by atoms with E-state index in [2.05, 4.69) is 155 Å². The first-order valence-corrected chi connectivity index (χ1v) is 30.7. The van der Waals surface area contributed by atoms with E-state index < -0.39 is 5.20 Å². The molecule has 0 saturated carbocycles. The van der Waals surface area contributed by atoms with Crippen molar-refractivity contribution in [3.8, 4) is 12.3 Å². The van der Waals surface area contributed by atoms with Crippen LogP contribution in [0.5, 0.6) is 0 Å². The maximum Gasteiger partial charge on any atom is 1.00 e. The number of fused-ring (bicyclic) bond motifs is 3. The molecule has 0 amide bonds. The number of halogens is 6. The molecule has 4 nitrogen and oxygen atoms in total. The number of ketones is 1. The molecule has 3 aliphatic rings. The van der Waals surface area contributed by atoms with Crippen molar-refractivity contribution in [3.63, 3.8) is 0 Å². The molecular formula is C40H46Cl4I2NaO4PS3. The van der Waals surface area contributed by atoms with E-state index in [0.29, 0.717) is 5.03 Å². The number of Topliss-reactive ketones (excluding diaryl/α,β-unsaturated/α-hetero) is 1. The van der Waals surface area contributed by atoms with Gasteiger partial charge in [-0.05, 0) is 164 Å². The Bertz CT molecular complexity index is 1870. The quantitative estimate of drug-likeness (QED) is 0.0492. The molecule has 0 fully saturated rings. The Kier molecular flexibility index (Phi) is 26.4. The van der Waals surface area contributed by atoms with E-state index in [1.54, 1.807) is 6.92 Å². The monoisotopic (exact) mass is 1130 g/mol. The zero-order chi connectivity index (χ0) is 40.2. The Hall–Kier alpha value is 1.16. The van der Waals surface area contributed by atoms with Crippen LogP contribution in [-0.4, -0.2) is 34.8 Å². The van der Waals surface area contributed by atoms with E-state index in [1.165, 1.54) is 68.2 Å². The van der Waals surface area contributed by atoms with Gasteiger partial charge < -0.3 is 5.48 Å². The summed E-state index contributed by atoms with van der Waals surface area (Å²) < 4.78 is 9.51. The predicted molar refractivity (Wildman–Crippen MR) is 257 cm³/mol. The van der Waals surface area contributed by atoms with E-state index in [4.69, 9.17) is 18.0 Å². The van der Waals surface area contributed by atoms with Crippen LogP contribution < -0.4 is 29.6 Å². The van der Waals surface area contributed by atoms with Crippen LogP contribution in [0.25, 0.3) is 5.03 Å². The van der Waals surface area contributed by atoms with Crippen molar-refractivity contribution in [2.45, 2.75) is 98.7 Å². The molecule has 6 rings (SSSR count). The SMILES string of the molecule is C#Cc1ccc2c(c1)C(C)(C)CCS2.CC(=O)c1ccc2c(c1)C(C)(C)CCS2.CC1(C)CCSc2ccc(/C(Cl)=C\C=O)cc21.II.O=P(Cl)(Cl)Cl.[Na+].[OH-]. The minimum absolute atomic E-state index is 0. The molecule has 0 atom stereocenters. The van der Waals surface area contributed by atoms with Crippen molar-refractivity contribution in [2.75, 3.05) is 17.3 Å². The van der Waals surface area contributed by atoms with Gasteiger partial charge in [0.15, 0.2) is 5.78 Å². The number of terminal acetylenes is 1. The summed E-state index contributed by atoms with van der Waals surface area (Å²) >= 11 is 29.9. The van der Waals surface area contributed by atoms with Gasteiger partial charge in [-0.15, -0.1) is 41.7 Å². The van der Waals surface area contributed by atoms with Gasteiger partial charge in [0, 0.05) is 63.0 Å². The molecule has 3 heterocycles. The van der Waals surface area contributed by atoms with Crippen molar-refractivity contribution >= 4 is 140 Å². The Morgan fingerprint density at radius 2 is 1.09 bits per heavy atom. The topological polar surface area (TPSA) is 81.2 Å². The summed E-state index contributed by atoms with van der Waals surface area (Å²) in [7, 11) is 0. The molecular weight excluding hydrogens is 1090 g/mol. The molecule has 0 unspecified atom stereocenters. The van der Waals surface area contributed by atoms with Gasteiger partial charge in [0.2, 0.25) is 0 Å². The van der Waals surface area contributed by atoms with Gasteiger partial charge in [0.05, 0.1) is 5.03 Å². The van der Waals surface area contributed by atoms with E-state index >= 15 is 0 Å². The number of hydrogen-bond donors (Lipinski definition) is 0. The molecule has 296 valence electrons. The van der Waals surface area contributed by atoms with Crippen LogP contribution in [-0.2, 0) is 25.6 Å². The summed E-state index contributed by atoms with van der Waals surface area (Å²) in [6.07, 6.45) is 11.1. The maximum atomic E-state index is 11.3. The molecule has 55 heavy (non-hydrogen) atoms. The summed E-state index contributed by atoms with van der Waals surface area (Å²) in [5.74, 6) is 6.42. The van der Waals surface area contributed by atoms with Gasteiger partial charge in [-0.2, -0.15) is 0 Å². The first-order valence-electron chi connectivity index (χ1n) is 16.6. The summed E-state index contributed by atoms with van der Waals surface area (Å²) in [5, 5.41) is -2.71. The van der Waals surface area contributed by atoms with Crippen LogP contribution in [0.2, 0.25) is 0 Å². The van der Waals surface area contributed by atoms with Crippen LogP contribution in [0.1, 0.15) is 106 Å². The van der Waals surface area contributed by atoms with Crippen molar-refractivity contribution in [2.24, 2.45) is 0 Å². The number of benzene rings is 3. The minimum atomic E-state index is -3.22. The van der Waals surface area contributed by atoms with Gasteiger partial charge >= 0.3 is 34.8 Å². The molecule has 0 bridgehead atoms. The number of allylic oxidation sites excluding steroid dienone is 1. The van der Waals surface area contributed by atoms with E-state index in [-0.39, 0.29) is 57.1 Å². The van der Waals surface area contributed by atoms with Crippen LogP contribution in [0, 0.1) is 12.3 Å². The molecule has 0 aliphatic carbocycles. The molecule has 3 aromatic carbocycles. The Morgan fingerprint density at radius 1 is 0.745 bits per heavy atom. The fourth-order valence-corrected chi connectivity index (χ4v) is 10.5.